The van der Waals surface area contributed by atoms with Crippen LogP contribution in [0.2, 0.25) is 0 Å². The van der Waals surface area contributed by atoms with Crippen molar-refractivity contribution in [3.8, 4) is 0 Å². The fourth-order valence-electron chi connectivity index (χ4n) is 9.29. The summed E-state index contributed by atoms with van der Waals surface area (Å²) in [6.07, 6.45) is 97.6. The lowest BCUT2D eigenvalue weighted by molar-refractivity contribution is -0.167. The molecule has 0 aromatic rings. The molecule has 0 fully saturated rings. The predicted octanol–water partition coefficient (Wildman–Crippen LogP) is 23.7. The van der Waals surface area contributed by atoms with Crippen LogP contribution in [0.15, 0.2) is 134 Å². The van der Waals surface area contributed by atoms with E-state index in [0.29, 0.717) is 25.7 Å². The molecule has 0 saturated heterocycles. The van der Waals surface area contributed by atoms with E-state index in [1.165, 1.54) is 135 Å². The minimum atomic E-state index is -0.802. The second-order valence-corrected chi connectivity index (χ2v) is 22.4. The Labute approximate surface area is 506 Å². The molecule has 0 bridgehead atoms. The Morgan fingerprint density at radius 2 is 0.476 bits per heavy atom. The van der Waals surface area contributed by atoms with Gasteiger partial charge in [0.15, 0.2) is 6.10 Å². The zero-order valence-electron chi connectivity index (χ0n) is 53.5. The number of hydrogen-bond donors (Lipinski definition) is 0. The minimum Gasteiger partial charge on any atom is -0.462 e. The first kappa shape index (κ1) is 77.5. The van der Waals surface area contributed by atoms with Crippen molar-refractivity contribution in [3.05, 3.63) is 134 Å². The molecule has 466 valence electrons. The molecule has 82 heavy (non-hydrogen) atoms. The summed E-state index contributed by atoms with van der Waals surface area (Å²) in [6, 6.07) is 0. The Morgan fingerprint density at radius 1 is 0.256 bits per heavy atom. The number of esters is 3. The third kappa shape index (κ3) is 66.4. The number of hydrogen-bond acceptors (Lipinski definition) is 6. The second-order valence-electron chi connectivity index (χ2n) is 22.4. The quantitative estimate of drug-likeness (QED) is 0.0261. The van der Waals surface area contributed by atoms with Crippen molar-refractivity contribution in [2.75, 3.05) is 13.2 Å². The Morgan fingerprint density at radius 3 is 0.805 bits per heavy atom. The molecule has 0 N–H and O–H groups in total. The van der Waals surface area contributed by atoms with Crippen molar-refractivity contribution in [3.63, 3.8) is 0 Å². The van der Waals surface area contributed by atoms with Crippen LogP contribution >= 0.6 is 0 Å². The van der Waals surface area contributed by atoms with Gasteiger partial charge in [-0.2, -0.15) is 0 Å². The van der Waals surface area contributed by atoms with Crippen LogP contribution < -0.4 is 0 Å². The van der Waals surface area contributed by atoms with Crippen LogP contribution in [-0.2, 0) is 28.6 Å². The van der Waals surface area contributed by atoms with Crippen molar-refractivity contribution in [2.45, 2.75) is 316 Å². The lowest BCUT2D eigenvalue weighted by Gasteiger charge is -2.18. The molecule has 0 rings (SSSR count). The van der Waals surface area contributed by atoms with E-state index in [2.05, 4.69) is 154 Å². The highest BCUT2D eigenvalue weighted by molar-refractivity contribution is 5.71. The smallest absolute Gasteiger partial charge is 0.306 e. The van der Waals surface area contributed by atoms with Gasteiger partial charge < -0.3 is 14.2 Å². The summed E-state index contributed by atoms with van der Waals surface area (Å²) in [7, 11) is 0. The largest absolute Gasteiger partial charge is 0.462 e. The molecule has 0 heterocycles. The molecule has 0 spiro atoms. The fraction of sp³-hybridized carbons (Fsp3) is 0.671. The molecule has 0 aromatic heterocycles. The molecular formula is C76H126O6. The number of carbonyl (C=O) groups is 3. The monoisotopic (exact) mass is 1130 g/mol. The summed E-state index contributed by atoms with van der Waals surface area (Å²) >= 11 is 0. The first-order valence-corrected chi connectivity index (χ1v) is 34.2. The number of unbranched alkanes of at least 4 members (excludes halogenated alkanes) is 28. The third-order valence-electron chi connectivity index (χ3n) is 14.4. The first-order chi connectivity index (χ1) is 40.5. The van der Waals surface area contributed by atoms with Crippen molar-refractivity contribution >= 4 is 17.9 Å². The van der Waals surface area contributed by atoms with Gasteiger partial charge in [-0.1, -0.05) is 302 Å². The summed E-state index contributed by atoms with van der Waals surface area (Å²) in [5.74, 6) is -0.943. The fourth-order valence-corrected chi connectivity index (χ4v) is 9.29. The summed E-state index contributed by atoms with van der Waals surface area (Å²) in [6.45, 7) is 6.48. The van der Waals surface area contributed by atoms with E-state index in [9.17, 15) is 14.4 Å². The molecule has 0 saturated carbocycles. The minimum absolute atomic E-state index is 0.0964. The highest BCUT2D eigenvalue weighted by Gasteiger charge is 2.19. The van der Waals surface area contributed by atoms with E-state index < -0.39 is 6.10 Å². The van der Waals surface area contributed by atoms with Crippen molar-refractivity contribution < 1.29 is 28.6 Å². The SMILES string of the molecule is CC/C=C\C/C=C\C/C=C\C/C=C\C/C=C\C/C=C\C/C=C\C/C=C\C/C=C\C/C=C\CCCCC(=O)OCC(COC(=O)CCCCCCC/C=C\CCCCC)OC(=O)CCCCCCCCCCCCCCCCCCCCC. The predicted molar refractivity (Wildman–Crippen MR) is 357 cm³/mol. The standard InChI is InChI=1S/C76H126O6/c1-4-7-10-13-16-19-22-25-27-29-31-32-33-34-35-36-37-38-39-40-41-42-43-44-46-47-49-51-54-57-60-63-66-69-75(78)81-72-73(71-80-74(77)68-65-62-59-56-53-24-21-18-15-12-9-6-3)82-76(79)70-67-64-61-58-55-52-50-48-45-30-28-26-23-20-17-14-11-8-5-2/h7,10,16,18-19,21,25,27,31-32,34-35,37-38,40-41,43-44,47,49,54,57,73H,4-6,8-9,11-15,17,20,22-24,26,28-30,33,36,39,42,45-46,48,50-53,55-56,58-72H2,1-3H3/b10-7-,19-16-,21-18-,27-25-,32-31-,35-34-,38-37-,41-40-,44-43-,49-47-,57-54-. The lowest BCUT2D eigenvalue weighted by Crippen LogP contribution is -2.30. The maximum Gasteiger partial charge on any atom is 0.306 e. The van der Waals surface area contributed by atoms with Gasteiger partial charge in [0.05, 0.1) is 0 Å². The average molecular weight is 1140 g/mol. The summed E-state index contributed by atoms with van der Waals surface area (Å²) < 4.78 is 16.9. The van der Waals surface area contributed by atoms with E-state index in [0.717, 1.165) is 128 Å². The maximum atomic E-state index is 12.9. The maximum absolute atomic E-state index is 12.9. The highest BCUT2D eigenvalue weighted by atomic mass is 16.6. The zero-order chi connectivity index (χ0) is 59.2. The molecule has 1 atom stereocenters. The summed E-state index contributed by atoms with van der Waals surface area (Å²) in [4.78, 5) is 38.3. The topological polar surface area (TPSA) is 78.9 Å². The highest BCUT2D eigenvalue weighted by Crippen LogP contribution is 2.16. The van der Waals surface area contributed by atoms with Gasteiger partial charge in [0.25, 0.3) is 0 Å². The van der Waals surface area contributed by atoms with E-state index in [4.69, 9.17) is 14.2 Å². The summed E-state index contributed by atoms with van der Waals surface area (Å²) in [5, 5.41) is 0. The second kappa shape index (κ2) is 69.0. The van der Waals surface area contributed by atoms with E-state index in [1.807, 2.05) is 0 Å². The van der Waals surface area contributed by atoms with Gasteiger partial charge in [-0.05, 0) is 122 Å². The first-order valence-electron chi connectivity index (χ1n) is 34.2. The molecule has 0 aliphatic carbocycles. The Kier molecular flexibility index (Phi) is 65.3. The van der Waals surface area contributed by atoms with Gasteiger partial charge in [0.2, 0.25) is 0 Å². The van der Waals surface area contributed by atoms with Crippen LogP contribution in [0.5, 0.6) is 0 Å². The van der Waals surface area contributed by atoms with Gasteiger partial charge in [-0.25, -0.2) is 0 Å². The Bertz CT molecular complexity index is 1730. The molecule has 6 heteroatoms. The number of carbonyl (C=O) groups excluding carboxylic acids is 3. The van der Waals surface area contributed by atoms with Crippen molar-refractivity contribution in [1.82, 2.24) is 0 Å². The molecule has 0 aliphatic heterocycles. The molecule has 0 aromatic carbocycles. The van der Waals surface area contributed by atoms with Crippen LogP contribution in [-0.4, -0.2) is 37.2 Å². The Balaban J connectivity index is 4.36. The van der Waals surface area contributed by atoms with Gasteiger partial charge >= 0.3 is 17.9 Å². The summed E-state index contributed by atoms with van der Waals surface area (Å²) in [5.41, 5.74) is 0. The Hall–Kier alpha value is -4.45. The molecular weight excluding hydrogens is 1010 g/mol. The van der Waals surface area contributed by atoms with E-state index in [-0.39, 0.29) is 31.1 Å². The van der Waals surface area contributed by atoms with E-state index in [1.54, 1.807) is 0 Å². The number of rotatable bonds is 61. The zero-order valence-corrected chi connectivity index (χ0v) is 53.5. The van der Waals surface area contributed by atoms with Gasteiger partial charge in [0, 0.05) is 19.3 Å². The average Bonchev–Trinajstić information content (AvgIpc) is 3.47. The van der Waals surface area contributed by atoms with Crippen molar-refractivity contribution in [1.29, 1.82) is 0 Å². The van der Waals surface area contributed by atoms with Crippen LogP contribution in [0.25, 0.3) is 0 Å². The van der Waals surface area contributed by atoms with Gasteiger partial charge in [0.1, 0.15) is 13.2 Å². The van der Waals surface area contributed by atoms with Crippen LogP contribution in [0.4, 0.5) is 0 Å². The van der Waals surface area contributed by atoms with Crippen LogP contribution in [0.1, 0.15) is 310 Å². The normalized spacial score (nSPS) is 13.0. The number of allylic oxidation sites excluding steroid dienone is 22. The molecule has 0 radical (unpaired) electrons. The van der Waals surface area contributed by atoms with Gasteiger partial charge in [-0.15, -0.1) is 0 Å². The molecule has 6 nitrogen and oxygen atoms in total. The lowest BCUT2D eigenvalue weighted by atomic mass is 10.0. The third-order valence-corrected chi connectivity index (χ3v) is 14.4. The number of ether oxygens (including phenoxy) is 3. The van der Waals surface area contributed by atoms with Crippen LogP contribution in [0, 0.1) is 0 Å². The van der Waals surface area contributed by atoms with E-state index >= 15 is 0 Å². The molecule has 0 aliphatic rings. The molecule has 1 unspecified atom stereocenters. The van der Waals surface area contributed by atoms with Crippen LogP contribution in [0.3, 0.4) is 0 Å². The molecule has 0 amide bonds. The van der Waals surface area contributed by atoms with Crippen molar-refractivity contribution in [2.24, 2.45) is 0 Å². The van der Waals surface area contributed by atoms with Gasteiger partial charge in [-0.3, -0.25) is 14.4 Å².